The molecule has 1 aromatic heterocycles. The number of esters is 1. The highest BCUT2D eigenvalue weighted by atomic mass is 16.5. The molecular formula is C15H16N4O2. The third kappa shape index (κ3) is 3.83. The lowest BCUT2D eigenvalue weighted by molar-refractivity contribution is 0.0491. The van der Waals surface area contributed by atoms with Crippen molar-refractivity contribution < 1.29 is 9.53 Å². The third-order valence-electron chi connectivity index (χ3n) is 2.90. The second-order valence-corrected chi connectivity index (χ2v) is 4.46. The third-order valence-corrected chi connectivity index (χ3v) is 2.90. The van der Waals surface area contributed by atoms with Crippen molar-refractivity contribution in [2.24, 2.45) is 0 Å². The van der Waals surface area contributed by atoms with Crippen molar-refractivity contribution in [2.45, 2.75) is 19.3 Å². The van der Waals surface area contributed by atoms with Gasteiger partial charge in [0.2, 0.25) is 0 Å². The van der Waals surface area contributed by atoms with E-state index < -0.39 is 5.97 Å². The maximum Gasteiger partial charge on any atom is 0.358 e. The maximum atomic E-state index is 11.8. The number of unbranched alkanes of at least 4 members (excludes halogenated alkanes) is 2. The standard InChI is InChI=1S/C15H16N4O2/c16-9-4-1-5-11-21-15(20)13-8-10-19(18-13)14-7-3-2-6-12(14)17/h2-3,6-8,10H,1,4-5,11,17H2. The number of benzene rings is 1. The molecule has 21 heavy (non-hydrogen) atoms. The molecule has 0 bridgehead atoms. The smallest absolute Gasteiger partial charge is 0.358 e. The van der Waals surface area contributed by atoms with Crippen LogP contribution in [-0.4, -0.2) is 22.4 Å². The predicted molar refractivity (Wildman–Crippen MR) is 77.7 cm³/mol. The quantitative estimate of drug-likeness (QED) is 0.499. The number of carbonyl (C=O) groups is 1. The monoisotopic (exact) mass is 284 g/mol. The molecule has 0 saturated heterocycles. The van der Waals surface area contributed by atoms with Gasteiger partial charge >= 0.3 is 5.97 Å². The van der Waals surface area contributed by atoms with Crippen LogP contribution in [0.2, 0.25) is 0 Å². The molecule has 0 fully saturated rings. The molecule has 0 amide bonds. The zero-order chi connectivity index (χ0) is 15.1. The minimum atomic E-state index is -0.472. The predicted octanol–water partition coefficient (Wildman–Crippen LogP) is 2.31. The second kappa shape index (κ2) is 7.10. The summed E-state index contributed by atoms with van der Waals surface area (Å²) in [7, 11) is 0. The summed E-state index contributed by atoms with van der Waals surface area (Å²) >= 11 is 0. The number of ether oxygens (including phenoxy) is 1. The van der Waals surface area contributed by atoms with Crippen LogP contribution in [-0.2, 0) is 4.74 Å². The second-order valence-electron chi connectivity index (χ2n) is 4.46. The molecular weight excluding hydrogens is 268 g/mol. The van der Waals surface area contributed by atoms with E-state index in [4.69, 9.17) is 15.7 Å². The van der Waals surface area contributed by atoms with Crippen LogP contribution < -0.4 is 5.73 Å². The van der Waals surface area contributed by atoms with E-state index in [-0.39, 0.29) is 5.69 Å². The molecule has 0 atom stereocenters. The number of aromatic nitrogens is 2. The van der Waals surface area contributed by atoms with Crippen LogP contribution >= 0.6 is 0 Å². The van der Waals surface area contributed by atoms with Crippen LogP contribution in [0.4, 0.5) is 5.69 Å². The fraction of sp³-hybridized carbons (Fsp3) is 0.267. The number of nitrogens with two attached hydrogens (primary N) is 1. The van der Waals surface area contributed by atoms with Gasteiger partial charge in [0.05, 0.1) is 24.1 Å². The fourth-order valence-corrected chi connectivity index (χ4v) is 1.81. The number of carbonyl (C=O) groups excluding carboxylic acids is 1. The number of rotatable bonds is 6. The fourth-order valence-electron chi connectivity index (χ4n) is 1.81. The molecule has 0 aliphatic rings. The Bertz CT molecular complexity index is 658. The zero-order valence-corrected chi connectivity index (χ0v) is 11.5. The summed E-state index contributed by atoms with van der Waals surface area (Å²) in [6.45, 7) is 0.293. The van der Waals surface area contributed by atoms with Crippen molar-refractivity contribution in [2.75, 3.05) is 12.3 Å². The van der Waals surface area contributed by atoms with E-state index in [1.807, 2.05) is 24.3 Å². The van der Waals surface area contributed by atoms with Crippen LogP contribution in [0.15, 0.2) is 36.5 Å². The van der Waals surface area contributed by atoms with Gasteiger partial charge in [-0.15, -0.1) is 0 Å². The number of nitriles is 1. The lowest BCUT2D eigenvalue weighted by atomic mass is 10.3. The topological polar surface area (TPSA) is 93.9 Å². The van der Waals surface area contributed by atoms with Gasteiger partial charge in [0.1, 0.15) is 0 Å². The molecule has 0 unspecified atom stereocenters. The van der Waals surface area contributed by atoms with Crippen molar-refractivity contribution in [3.8, 4) is 11.8 Å². The van der Waals surface area contributed by atoms with Gasteiger partial charge in [-0.05, 0) is 31.0 Å². The number of nitrogens with zero attached hydrogens (tertiary/aromatic N) is 3. The molecule has 1 heterocycles. The number of nitrogen functional groups attached to an aromatic ring is 1. The molecule has 108 valence electrons. The van der Waals surface area contributed by atoms with E-state index in [2.05, 4.69) is 5.10 Å². The average molecular weight is 284 g/mol. The van der Waals surface area contributed by atoms with Crippen molar-refractivity contribution in [1.82, 2.24) is 9.78 Å². The Labute approximate surface area is 122 Å². The van der Waals surface area contributed by atoms with Crippen LogP contribution in [0, 0.1) is 11.3 Å². The summed E-state index contributed by atoms with van der Waals surface area (Å²) in [6, 6.07) is 10.9. The highest BCUT2D eigenvalue weighted by Crippen LogP contribution is 2.15. The summed E-state index contributed by atoms with van der Waals surface area (Å²) in [5.41, 5.74) is 7.39. The Morgan fingerprint density at radius 1 is 1.33 bits per heavy atom. The highest BCUT2D eigenvalue weighted by Gasteiger charge is 2.12. The van der Waals surface area contributed by atoms with E-state index in [0.29, 0.717) is 30.8 Å². The first-order valence-corrected chi connectivity index (χ1v) is 6.67. The molecule has 0 radical (unpaired) electrons. The van der Waals surface area contributed by atoms with Crippen LogP contribution in [0.5, 0.6) is 0 Å². The van der Waals surface area contributed by atoms with E-state index >= 15 is 0 Å². The van der Waals surface area contributed by atoms with Crippen LogP contribution in [0.3, 0.4) is 0 Å². The normalized spacial score (nSPS) is 10.0. The van der Waals surface area contributed by atoms with Gasteiger partial charge in [0.15, 0.2) is 5.69 Å². The summed E-state index contributed by atoms with van der Waals surface area (Å²) in [6.07, 6.45) is 3.53. The van der Waals surface area contributed by atoms with Crippen LogP contribution in [0.1, 0.15) is 29.8 Å². The lowest BCUT2D eigenvalue weighted by Crippen LogP contribution is -2.08. The Balaban J connectivity index is 1.95. The molecule has 1 aromatic carbocycles. The molecule has 2 rings (SSSR count). The largest absolute Gasteiger partial charge is 0.461 e. The minimum absolute atomic E-state index is 0.235. The molecule has 0 saturated carbocycles. The lowest BCUT2D eigenvalue weighted by Gasteiger charge is -2.04. The van der Waals surface area contributed by atoms with E-state index in [1.165, 1.54) is 0 Å². The van der Waals surface area contributed by atoms with E-state index in [9.17, 15) is 4.79 Å². The van der Waals surface area contributed by atoms with Crippen molar-refractivity contribution in [1.29, 1.82) is 5.26 Å². The number of hydrogen-bond acceptors (Lipinski definition) is 5. The van der Waals surface area contributed by atoms with Gasteiger partial charge in [-0.3, -0.25) is 0 Å². The molecule has 2 N–H and O–H groups in total. The first kappa shape index (κ1) is 14.6. The molecule has 0 aliphatic carbocycles. The molecule has 0 spiro atoms. The van der Waals surface area contributed by atoms with Crippen molar-refractivity contribution >= 4 is 11.7 Å². The summed E-state index contributed by atoms with van der Waals surface area (Å²) in [4.78, 5) is 11.8. The van der Waals surface area contributed by atoms with Crippen LogP contribution in [0.25, 0.3) is 5.69 Å². The number of anilines is 1. The number of para-hydroxylation sites is 2. The van der Waals surface area contributed by atoms with Gasteiger partial charge in [0.25, 0.3) is 0 Å². The summed E-state index contributed by atoms with van der Waals surface area (Å²) in [5, 5.41) is 12.6. The number of hydrogen-bond donors (Lipinski definition) is 1. The first-order chi connectivity index (χ1) is 10.2. The molecule has 0 aliphatic heterocycles. The molecule has 2 aromatic rings. The summed E-state index contributed by atoms with van der Waals surface area (Å²) < 4.78 is 6.64. The SMILES string of the molecule is N#CCCCCOC(=O)c1ccn(-c2ccccc2N)n1. The first-order valence-electron chi connectivity index (χ1n) is 6.67. The van der Waals surface area contributed by atoms with Crippen molar-refractivity contribution in [3.63, 3.8) is 0 Å². The Hall–Kier alpha value is -2.81. The van der Waals surface area contributed by atoms with Gasteiger partial charge in [-0.25, -0.2) is 9.48 Å². The van der Waals surface area contributed by atoms with E-state index in [1.54, 1.807) is 23.0 Å². The van der Waals surface area contributed by atoms with Gasteiger partial charge in [0, 0.05) is 12.6 Å². The average Bonchev–Trinajstić information content (AvgIpc) is 2.97. The Kier molecular flexibility index (Phi) is 4.94. The van der Waals surface area contributed by atoms with Gasteiger partial charge in [-0.2, -0.15) is 10.4 Å². The maximum absolute atomic E-state index is 11.8. The Morgan fingerprint density at radius 2 is 2.14 bits per heavy atom. The zero-order valence-electron chi connectivity index (χ0n) is 11.5. The van der Waals surface area contributed by atoms with Gasteiger partial charge < -0.3 is 10.5 Å². The minimum Gasteiger partial charge on any atom is -0.461 e. The van der Waals surface area contributed by atoms with E-state index in [0.717, 1.165) is 6.42 Å². The highest BCUT2D eigenvalue weighted by molar-refractivity contribution is 5.87. The summed E-state index contributed by atoms with van der Waals surface area (Å²) in [5.74, 6) is -0.472. The van der Waals surface area contributed by atoms with Crippen molar-refractivity contribution in [3.05, 3.63) is 42.2 Å². The Morgan fingerprint density at radius 3 is 2.90 bits per heavy atom. The molecule has 6 heteroatoms. The van der Waals surface area contributed by atoms with Gasteiger partial charge in [-0.1, -0.05) is 12.1 Å². The molecule has 6 nitrogen and oxygen atoms in total.